The van der Waals surface area contributed by atoms with E-state index in [0.717, 1.165) is 48.3 Å². The van der Waals surface area contributed by atoms with Crippen LogP contribution in [0, 0.1) is 0 Å². The Bertz CT molecular complexity index is 775. The molecule has 0 bridgehead atoms. The molecule has 2 aromatic rings. The zero-order valence-electron chi connectivity index (χ0n) is 13.8. The van der Waals surface area contributed by atoms with E-state index in [1.54, 1.807) is 0 Å². The van der Waals surface area contributed by atoms with Gasteiger partial charge in [-0.05, 0) is 24.3 Å². The third kappa shape index (κ3) is 3.43. The van der Waals surface area contributed by atoms with Crippen molar-refractivity contribution in [1.29, 1.82) is 0 Å². The molecule has 1 saturated heterocycles. The van der Waals surface area contributed by atoms with Crippen molar-refractivity contribution in [2.24, 2.45) is 0 Å². The van der Waals surface area contributed by atoms with Crippen LogP contribution in [-0.4, -0.2) is 49.6 Å². The lowest BCUT2D eigenvalue weighted by Crippen LogP contribution is -2.52. The van der Waals surface area contributed by atoms with E-state index < -0.39 is 6.10 Å². The molecule has 2 aliphatic rings. The van der Waals surface area contributed by atoms with Gasteiger partial charge in [-0.25, -0.2) is 0 Å². The maximum atomic E-state index is 12.3. The summed E-state index contributed by atoms with van der Waals surface area (Å²) in [6.45, 7) is 4.11. The fraction of sp³-hybridized carbons (Fsp3) is 0.316. The van der Waals surface area contributed by atoms with E-state index in [1.807, 2.05) is 48.5 Å². The maximum Gasteiger partial charge on any atom is 0.266 e. The van der Waals surface area contributed by atoms with Crippen LogP contribution in [0.3, 0.4) is 0 Å². The third-order valence-electron chi connectivity index (χ3n) is 4.70. The molecule has 1 unspecified atom stereocenters. The fourth-order valence-electron chi connectivity index (χ4n) is 3.33. The number of carbonyl (C=O) groups excluding carboxylic acids is 1. The Kier molecular flexibility index (Phi) is 4.51. The highest BCUT2D eigenvalue weighted by Crippen LogP contribution is 2.29. The maximum absolute atomic E-state index is 12.3. The first kappa shape index (κ1) is 16.2. The molecule has 0 aliphatic carbocycles. The molecule has 1 amide bonds. The zero-order chi connectivity index (χ0) is 17.2. The van der Waals surface area contributed by atoms with Gasteiger partial charge in [-0.2, -0.15) is 0 Å². The van der Waals surface area contributed by atoms with Crippen molar-refractivity contribution in [2.45, 2.75) is 6.10 Å². The van der Waals surface area contributed by atoms with Gasteiger partial charge in [-0.1, -0.05) is 35.9 Å². The summed E-state index contributed by atoms with van der Waals surface area (Å²) in [5.41, 5.74) is 1.82. The molecule has 6 heteroatoms. The molecule has 0 radical (unpaired) electrons. The molecule has 130 valence electrons. The second-order valence-corrected chi connectivity index (χ2v) is 6.74. The number of hydrogen-bond acceptors (Lipinski definition) is 4. The highest BCUT2D eigenvalue weighted by atomic mass is 35.5. The topological polar surface area (TPSA) is 44.8 Å². The van der Waals surface area contributed by atoms with Crippen molar-refractivity contribution < 1.29 is 9.53 Å². The summed E-state index contributed by atoms with van der Waals surface area (Å²) >= 11 is 6.29. The average Bonchev–Trinajstić information content (AvgIpc) is 2.63. The van der Waals surface area contributed by atoms with Gasteiger partial charge in [0.15, 0.2) is 6.10 Å². The highest BCUT2D eigenvalue weighted by Gasteiger charge is 2.30. The van der Waals surface area contributed by atoms with Crippen molar-refractivity contribution in [1.82, 2.24) is 4.90 Å². The minimum absolute atomic E-state index is 0.0766. The molecule has 0 saturated carbocycles. The highest BCUT2D eigenvalue weighted by molar-refractivity contribution is 6.33. The van der Waals surface area contributed by atoms with E-state index in [4.69, 9.17) is 16.3 Å². The molecule has 2 aromatic carbocycles. The van der Waals surface area contributed by atoms with Gasteiger partial charge in [0, 0.05) is 32.7 Å². The monoisotopic (exact) mass is 357 g/mol. The minimum Gasteiger partial charge on any atom is -0.477 e. The largest absolute Gasteiger partial charge is 0.477 e. The summed E-state index contributed by atoms with van der Waals surface area (Å²) < 4.78 is 5.89. The minimum atomic E-state index is -0.471. The number of piperazine rings is 1. The van der Waals surface area contributed by atoms with Crippen LogP contribution >= 0.6 is 11.6 Å². The quantitative estimate of drug-likeness (QED) is 0.917. The van der Waals surface area contributed by atoms with Gasteiger partial charge in [0.1, 0.15) is 5.75 Å². The Morgan fingerprint density at radius 3 is 2.56 bits per heavy atom. The summed E-state index contributed by atoms with van der Waals surface area (Å²) in [6, 6.07) is 15.5. The van der Waals surface area contributed by atoms with Crippen LogP contribution in [0.1, 0.15) is 0 Å². The predicted molar refractivity (Wildman–Crippen MR) is 99.6 cm³/mol. The number of rotatable bonds is 3. The predicted octanol–water partition coefficient (Wildman–Crippen LogP) is 2.86. The number of carbonyl (C=O) groups is 1. The van der Waals surface area contributed by atoms with Crippen LogP contribution in [0.2, 0.25) is 5.02 Å². The molecule has 1 atom stereocenters. The molecule has 2 aliphatic heterocycles. The number of ether oxygens (including phenoxy) is 1. The number of para-hydroxylation sites is 3. The Hall–Kier alpha value is -2.24. The van der Waals surface area contributed by atoms with Gasteiger partial charge < -0.3 is 15.0 Å². The van der Waals surface area contributed by atoms with E-state index in [2.05, 4.69) is 15.1 Å². The Morgan fingerprint density at radius 1 is 1.04 bits per heavy atom. The first-order chi connectivity index (χ1) is 12.2. The smallest absolute Gasteiger partial charge is 0.266 e. The lowest BCUT2D eigenvalue weighted by atomic mass is 10.2. The van der Waals surface area contributed by atoms with Gasteiger partial charge >= 0.3 is 0 Å². The van der Waals surface area contributed by atoms with E-state index in [-0.39, 0.29) is 5.91 Å². The molecule has 2 heterocycles. The van der Waals surface area contributed by atoms with Gasteiger partial charge in [-0.15, -0.1) is 0 Å². The first-order valence-electron chi connectivity index (χ1n) is 8.49. The molecule has 25 heavy (non-hydrogen) atoms. The lowest BCUT2D eigenvalue weighted by Gasteiger charge is -2.38. The molecule has 1 N–H and O–H groups in total. The van der Waals surface area contributed by atoms with Crippen molar-refractivity contribution in [3.05, 3.63) is 53.6 Å². The van der Waals surface area contributed by atoms with Crippen LogP contribution in [-0.2, 0) is 4.79 Å². The van der Waals surface area contributed by atoms with E-state index in [9.17, 15) is 4.79 Å². The number of benzene rings is 2. The molecular weight excluding hydrogens is 338 g/mol. The zero-order valence-corrected chi connectivity index (χ0v) is 14.6. The van der Waals surface area contributed by atoms with Gasteiger partial charge in [0.2, 0.25) is 0 Å². The Balaban J connectivity index is 1.36. The molecule has 0 spiro atoms. The number of amides is 1. The average molecular weight is 358 g/mol. The Morgan fingerprint density at radius 2 is 1.76 bits per heavy atom. The SMILES string of the molecule is O=C1Nc2ccccc2OC1CN1CCN(c2ccccc2Cl)CC1. The second kappa shape index (κ2) is 6.94. The van der Waals surface area contributed by atoms with Gasteiger partial charge in [-0.3, -0.25) is 9.69 Å². The number of fused-ring (bicyclic) bond motifs is 1. The van der Waals surface area contributed by atoms with Crippen LogP contribution in [0.15, 0.2) is 48.5 Å². The number of nitrogens with zero attached hydrogens (tertiary/aromatic N) is 2. The molecule has 1 fully saturated rings. The summed E-state index contributed by atoms with van der Waals surface area (Å²) in [6.07, 6.45) is -0.471. The van der Waals surface area contributed by atoms with Crippen molar-refractivity contribution in [3.8, 4) is 5.75 Å². The van der Waals surface area contributed by atoms with Crippen molar-refractivity contribution in [3.63, 3.8) is 0 Å². The van der Waals surface area contributed by atoms with E-state index in [1.165, 1.54) is 0 Å². The molecule has 5 nitrogen and oxygen atoms in total. The van der Waals surface area contributed by atoms with Crippen LogP contribution in [0.4, 0.5) is 11.4 Å². The van der Waals surface area contributed by atoms with Gasteiger partial charge in [0.25, 0.3) is 5.91 Å². The standard InChI is InChI=1S/C19H20ClN3O2/c20-14-5-1-3-7-16(14)23-11-9-22(10-12-23)13-18-19(24)21-15-6-2-4-8-17(15)25-18/h1-8,18H,9-13H2,(H,21,24). The van der Waals surface area contributed by atoms with E-state index in [0.29, 0.717) is 6.54 Å². The van der Waals surface area contributed by atoms with Crippen molar-refractivity contribution >= 4 is 28.9 Å². The lowest BCUT2D eigenvalue weighted by molar-refractivity contribution is -0.124. The number of hydrogen-bond donors (Lipinski definition) is 1. The van der Waals surface area contributed by atoms with Crippen LogP contribution < -0.4 is 15.0 Å². The molecule has 4 rings (SSSR count). The van der Waals surface area contributed by atoms with Crippen LogP contribution in [0.5, 0.6) is 5.75 Å². The van der Waals surface area contributed by atoms with Gasteiger partial charge in [0.05, 0.1) is 16.4 Å². The third-order valence-corrected chi connectivity index (χ3v) is 5.02. The van der Waals surface area contributed by atoms with E-state index >= 15 is 0 Å². The summed E-state index contributed by atoms with van der Waals surface area (Å²) in [5.74, 6) is 0.661. The fourth-order valence-corrected chi connectivity index (χ4v) is 3.58. The Labute approximate surface area is 152 Å². The first-order valence-corrected chi connectivity index (χ1v) is 8.87. The van der Waals surface area contributed by atoms with Crippen LogP contribution in [0.25, 0.3) is 0 Å². The number of nitrogens with one attached hydrogen (secondary N) is 1. The molecule has 0 aromatic heterocycles. The second-order valence-electron chi connectivity index (χ2n) is 6.33. The summed E-state index contributed by atoms with van der Waals surface area (Å²) in [5, 5.41) is 3.70. The molecular formula is C19H20ClN3O2. The summed E-state index contributed by atoms with van der Waals surface area (Å²) in [4.78, 5) is 16.8. The number of anilines is 2. The van der Waals surface area contributed by atoms with Crippen molar-refractivity contribution in [2.75, 3.05) is 42.9 Å². The number of halogens is 1. The normalized spacial score (nSPS) is 20.6. The summed E-state index contributed by atoms with van der Waals surface area (Å²) in [7, 11) is 0.